The third-order valence-electron chi connectivity index (χ3n) is 3.58. The summed E-state index contributed by atoms with van der Waals surface area (Å²) in [6, 6.07) is 4.68. The van der Waals surface area contributed by atoms with E-state index in [-0.39, 0.29) is 15.8 Å². The van der Waals surface area contributed by atoms with Gasteiger partial charge in [0.15, 0.2) is 10.9 Å². The van der Waals surface area contributed by atoms with E-state index in [0.717, 1.165) is 12.1 Å². The number of aromatic nitrogens is 5. The van der Waals surface area contributed by atoms with Gasteiger partial charge in [-0.2, -0.15) is 23.0 Å². The molecule has 0 saturated carbocycles. The molecule has 3 rings (SSSR count). The van der Waals surface area contributed by atoms with E-state index < -0.39 is 17.8 Å². The molecule has 3 aromatic rings. The number of halogens is 4. The molecule has 2 N–H and O–H groups in total. The average Bonchev–Trinajstić information content (AvgIpc) is 3.13. The molecule has 0 fully saturated rings. The molecule has 0 aliphatic heterocycles. The lowest BCUT2D eigenvalue weighted by atomic mass is 10.2. The van der Waals surface area contributed by atoms with Gasteiger partial charge in [-0.3, -0.25) is 0 Å². The number of nitrogens with one attached hydrogen (secondary N) is 2. The van der Waals surface area contributed by atoms with Gasteiger partial charge in [0.2, 0.25) is 0 Å². The summed E-state index contributed by atoms with van der Waals surface area (Å²) >= 11 is 10.8. The summed E-state index contributed by atoms with van der Waals surface area (Å²) in [7, 11) is 0. The first-order valence-corrected chi connectivity index (χ1v) is 8.66. The number of hydrogen-bond donors (Lipinski definition) is 2. The predicted octanol–water partition coefficient (Wildman–Crippen LogP) is 3.78. The molecule has 0 saturated heterocycles. The Bertz CT molecular complexity index is 978. The van der Waals surface area contributed by atoms with Crippen LogP contribution in [-0.2, 0) is 6.18 Å². The second kappa shape index (κ2) is 8.07. The number of nitrogens with zero attached hydrogens (tertiary/aromatic N) is 5. The van der Waals surface area contributed by atoms with Gasteiger partial charge >= 0.3 is 6.18 Å². The van der Waals surface area contributed by atoms with Crippen LogP contribution in [0, 0.1) is 0 Å². The summed E-state index contributed by atoms with van der Waals surface area (Å²) in [5.41, 5.74) is -0.801. The maximum absolute atomic E-state index is 13.0. The van der Waals surface area contributed by atoms with Crippen molar-refractivity contribution in [2.24, 2.45) is 0 Å². The largest absolute Gasteiger partial charge is 0.417 e. The van der Waals surface area contributed by atoms with Crippen molar-refractivity contribution in [3.63, 3.8) is 0 Å². The van der Waals surface area contributed by atoms with Crippen molar-refractivity contribution in [2.75, 3.05) is 5.32 Å². The highest BCUT2D eigenvalue weighted by molar-refractivity contribution is 7.80. The number of hydrogen-bond acceptors (Lipinski definition) is 5. The normalized spacial score (nSPS) is 12.5. The first kappa shape index (κ1) is 20.0. The zero-order valence-electron chi connectivity index (χ0n) is 14.3. The lowest BCUT2D eigenvalue weighted by Gasteiger charge is -2.17. The highest BCUT2D eigenvalue weighted by Gasteiger charge is 2.33. The number of anilines is 1. The smallest absolute Gasteiger partial charge is 0.353 e. The molecule has 0 amide bonds. The Labute approximate surface area is 168 Å². The first-order chi connectivity index (χ1) is 13.3. The van der Waals surface area contributed by atoms with Crippen molar-refractivity contribution < 1.29 is 13.2 Å². The third-order valence-corrected chi connectivity index (χ3v) is 4.13. The minimum absolute atomic E-state index is 0.103. The Morgan fingerprint density at radius 3 is 2.61 bits per heavy atom. The van der Waals surface area contributed by atoms with Gasteiger partial charge in [-0.25, -0.2) is 15.0 Å². The summed E-state index contributed by atoms with van der Waals surface area (Å²) in [4.78, 5) is 12.4. The van der Waals surface area contributed by atoms with Gasteiger partial charge in [0.1, 0.15) is 6.33 Å². The summed E-state index contributed by atoms with van der Waals surface area (Å²) in [5, 5.41) is 9.45. The highest BCUT2D eigenvalue weighted by atomic mass is 35.5. The Hall–Kier alpha value is -2.79. The molecule has 2 aromatic heterocycles. The van der Waals surface area contributed by atoms with Crippen LogP contribution in [0.4, 0.5) is 18.9 Å². The predicted molar refractivity (Wildman–Crippen MR) is 101 cm³/mol. The summed E-state index contributed by atoms with van der Waals surface area (Å²) in [6.45, 7) is 1.76. The fourth-order valence-corrected chi connectivity index (χ4v) is 2.87. The molecule has 28 heavy (non-hydrogen) atoms. The molecule has 0 unspecified atom stereocenters. The van der Waals surface area contributed by atoms with Crippen LogP contribution in [0.25, 0.3) is 5.95 Å². The number of thiocarbonyl (C=S) groups is 1. The van der Waals surface area contributed by atoms with Crippen LogP contribution >= 0.6 is 23.8 Å². The van der Waals surface area contributed by atoms with E-state index in [9.17, 15) is 13.2 Å². The van der Waals surface area contributed by atoms with Crippen LogP contribution in [0.15, 0.2) is 43.0 Å². The van der Waals surface area contributed by atoms with Crippen LogP contribution in [0.2, 0.25) is 5.02 Å². The molecule has 12 heteroatoms. The topological polar surface area (TPSA) is 80.5 Å². The standard InChI is InChI=1S/C16H13ClF3N7S/c1-9(13-23-8-24-27(13)14-21-5-2-6-22-14)25-15(28)26-10-3-4-12(17)11(7-10)16(18,19)20/h2-9H,1H3,(H2,25,26,28)/t9-/m0/s1. The molecule has 0 spiro atoms. The van der Waals surface area contributed by atoms with E-state index in [0.29, 0.717) is 11.8 Å². The summed E-state index contributed by atoms with van der Waals surface area (Å²) < 4.78 is 40.4. The number of benzene rings is 1. The van der Waals surface area contributed by atoms with Crippen LogP contribution in [-0.4, -0.2) is 29.8 Å². The minimum Gasteiger partial charge on any atom is -0.353 e. The summed E-state index contributed by atoms with van der Waals surface area (Å²) in [6.07, 6.45) is -0.0912. The van der Waals surface area contributed by atoms with Crippen LogP contribution in [0.1, 0.15) is 24.4 Å². The van der Waals surface area contributed by atoms with Gasteiger partial charge in [-0.05, 0) is 43.4 Å². The monoisotopic (exact) mass is 427 g/mol. The van der Waals surface area contributed by atoms with E-state index in [4.69, 9.17) is 23.8 Å². The molecular formula is C16H13ClF3N7S. The molecule has 1 aromatic carbocycles. The zero-order valence-corrected chi connectivity index (χ0v) is 15.8. The number of rotatable bonds is 4. The maximum Gasteiger partial charge on any atom is 0.417 e. The van der Waals surface area contributed by atoms with Crippen molar-refractivity contribution in [1.29, 1.82) is 0 Å². The Balaban J connectivity index is 1.72. The highest BCUT2D eigenvalue weighted by Crippen LogP contribution is 2.36. The van der Waals surface area contributed by atoms with Crippen molar-refractivity contribution in [2.45, 2.75) is 19.1 Å². The molecule has 0 aliphatic rings. The lowest BCUT2D eigenvalue weighted by Crippen LogP contribution is -2.32. The van der Waals surface area contributed by atoms with E-state index in [2.05, 4.69) is 30.7 Å². The zero-order chi connectivity index (χ0) is 20.3. The molecule has 0 radical (unpaired) electrons. The Morgan fingerprint density at radius 2 is 1.93 bits per heavy atom. The average molecular weight is 428 g/mol. The van der Waals surface area contributed by atoms with Crippen molar-refractivity contribution in [3.8, 4) is 5.95 Å². The van der Waals surface area contributed by atoms with Gasteiger partial charge < -0.3 is 10.6 Å². The van der Waals surface area contributed by atoms with Crippen molar-refractivity contribution in [1.82, 2.24) is 30.0 Å². The Morgan fingerprint density at radius 1 is 1.21 bits per heavy atom. The van der Waals surface area contributed by atoms with Gasteiger partial charge in [-0.15, -0.1) is 0 Å². The molecule has 1 atom stereocenters. The van der Waals surface area contributed by atoms with Crippen molar-refractivity contribution in [3.05, 3.63) is 59.4 Å². The fraction of sp³-hybridized carbons (Fsp3) is 0.188. The van der Waals surface area contributed by atoms with Crippen LogP contribution in [0.3, 0.4) is 0 Å². The van der Waals surface area contributed by atoms with Gasteiger partial charge in [0.05, 0.1) is 16.6 Å². The Kier molecular flexibility index (Phi) is 5.75. The second-order valence-electron chi connectivity index (χ2n) is 5.59. The molecule has 2 heterocycles. The quantitative estimate of drug-likeness (QED) is 0.613. The fourth-order valence-electron chi connectivity index (χ4n) is 2.35. The van der Waals surface area contributed by atoms with Crippen LogP contribution in [0.5, 0.6) is 0 Å². The van der Waals surface area contributed by atoms with E-state index >= 15 is 0 Å². The van der Waals surface area contributed by atoms with Crippen molar-refractivity contribution >= 4 is 34.6 Å². The van der Waals surface area contributed by atoms with Gasteiger partial charge in [0, 0.05) is 18.1 Å². The molecule has 7 nitrogen and oxygen atoms in total. The second-order valence-corrected chi connectivity index (χ2v) is 6.41. The van der Waals surface area contributed by atoms with E-state index in [1.807, 2.05) is 0 Å². The van der Waals surface area contributed by atoms with Gasteiger partial charge in [0.25, 0.3) is 5.95 Å². The molecule has 0 aliphatic carbocycles. The molecule has 146 valence electrons. The third kappa shape index (κ3) is 4.54. The summed E-state index contributed by atoms with van der Waals surface area (Å²) in [5.74, 6) is 0.803. The molecular weight excluding hydrogens is 415 g/mol. The lowest BCUT2D eigenvalue weighted by molar-refractivity contribution is -0.137. The maximum atomic E-state index is 13.0. The van der Waals surface area contributed by atoms with E-state index in [1.54, 1.807) is 25.4 Å². The van der Waals surface area contributed by atoms with Gasteiger partial charge in [-0.1, -0.05) is 11.6 Å². The SMILES string of the molecule is C[C@H](NC(=S)Nc1ccc(Cl)c(C(F)(F)F)c1)c1ncnn1-c1ncccn1. The van der Waals surface area contributed by atoms with Crippen LogP contribution < -0.4 is 10.6 Å². The molecule has 0 bridgehead atoms. The first-order valence-electron chi connectivity index (χ1n) is 7.87. The minimum atomic E-state index is -4.57. The number of alkyl halides is 3. The van der Waals surface area contributed by atoms with E-state index in [1.165, 1.54) is 17.1 Å².